The standard InChI is InChI=1S/C10H8ClFO5S/c1-17-9-3-8(12)7(6(4-13)5-14)2-10(9)18(11,15)16/h2-6H,1H3. The maximum absolute atomic E-state index is 13.6. The van der Waals surface area contributed by atoms with E-state index in [1.165, 1.54) is 0 Å². The molecule has 0 saturated carbocycles. The van der Waals surface area contributed by atoms with E-state index in [1.807, 2.05) is 0 Å². The van der Waals surface area contributed by atoms with Gasteiger partial charge in [-0.2, -0.15) is 0 Å². The Bertz CT molecular complexity index is 576. The van der Waals surface area contributed by atoms with Crippen molar-refractivity contribution in [2.75, 3.05) is 7.11 Å². The lowest BCUT2D eigenvalue weighted by Gasteiger charge is -2.10. The molecule has 1 aromatic carbocycles. The van der Waals surface area contributed by atoms with Gasteiger partial charge < -0.3 is 14.3 Å². The Morgan fingerprint density at radius 3 is 2.28 bits per heavy atom. The number of benzene rings is 1. The molecule has 0 amide bonds. The van der Waals surface area contributed by atoms with Gasteiger partial charge >= 0.3 is 0 Å². The molecule has 0 heterocycles. The van der Waals surface area contributed by atoms with Crippen LogP contribution in [0.2, 0.25) is 0 Å². The topological polar surface area (TPSA) is 77.5 Å². The van der Waals surface area contributed by atoms with Gasteiger partial charge in [-0.15, -0.1) is 0 Å². The maximum Gasteiger partial charge on any atom is 0.264 e. The van der Waals surface area contributed by atoms with Crippen molar-refractivity contribution in [3.05, 3.63) is 23.5 Å². The van der Waals surface area contributed by atoms with Crippen LogP contribution < -0.4 is 4.74 Å². The van der Waals surface area contributed by atoms with E-state index in [-0.39, 0.29) is 23.9 Å². The van der Waals surface area contributed by atoms with E-state index in [0.29, 0.717) is 0 Å². The minimum absolute atomic E-state index is 0.197. The van der Waals surface area contributed by atoms with Crippen LogP contribution in [0.3, 0.4) is 0 Å². The van der Waals surface area contributed by atoms with E-state index < -0.39 is 25.7 Å². The molecule has 0 aliphatic heterocycles. The first-order valence-corrected chi connectivity index (χ1v) is 6.88. The molecule has 5 nitrogen and oxygen atoms in total. The summed E-state index contributed by atoms with van der Waals surface area (Å²) >= 11 is 0. The number of hydrogen-bond donors (Lipinski definition) is 0. The van der Waals surface area contributed by atoms with Gasteiger partial charge in [0.25, 0.3) is 9.05 Å². The predicted octanol–water partition coefficient (Wildman–Crippen LogP) is 1.24. The fourth-order valence-corrected chi connectivity index (χ4v) is 2.35. The molecule has 8 heteroatoms. The number of ether oxygens (including phenoxy) is 1. The Labute approximate surface area is 107 Å². The lowest BCUT2D eigenvalue weighted by Crippen LogP contribution is -2.07. The number of rotatable bonds is 5. The first-order valence-electron chi connectivity index (χ1n) is 4.57. The van der Waals surface area contributed by atoms with Gasteiger partial charge in [-0.1, -0.05) is 0 Å². The van der Waals surface area contributed by atoms with Gasteiger partial charge in [-0.05, 0) is 6.07 Å². The second kappa shape index (κ2) is 5.45. The third-order valence-corrected chi connectivity index (χ3v) is 3.54. The van der Waals surface area contributed by atoms with Gasteiger partial charge in [0, 0.05) is 22.3 Å². The third-order valence-electron chi connectivity index (χ3n) is 2.20. The Morgan fingerprint density at radius 2 is 1.89 bits per heavy atom. The van der Waals surface area contributed by atoms with E-state index >= 15 is 0 Å². The lowest BCUT2D eigenvalue weighted by molar-refractivity contribution is -0.116. The summed E-state index contributed by atoms with van der Waals surface area (Å²) in [5.74, 6) is -2.63. The molecule has 0 N–H and O–H groups in total. The van der Waals surface area contributed by atoms with Crippen LogP contribution in [0.4, 0.5) is 4.39 Å². The van der Waals surface area contributed by atoms with Gasteiger partial charge in [0.15, 0.2) is 0 Å². The average molecular weight is 295 g/mol. The van der Waals surface area contributed by atoms with Crippen LogP contribution in [-0.2, 0) is 18.6 Å². The Balaban J connectivity index is 3.58. The zero-order valence-corrected chi connectivity index (χ0v) is 10.7. The fraction of sp³-hybridized carbons (Fsp3) is 0.200. The normalized spacial score (nSPS) is 11.3. The molecule has 1 rings (SSSR count). The largest absolute Gasteiger partial charge is 0.495 e. The molecule has 0 spiro atoms. The second-order valence-electron chi connectivity index (χ2n) is 3.26. The SMILES string of the molecule is COc1cc(F)c(C(C=O)C=O)cc1S(=O)(=O)Cl. The van der Waals surface area contributed by atoms with Crippen LogP contribution in [0.25, 0.3) is 0 Å². The summed E-state index contributed by atoms with van der Waals surface area (Å²) in [5.41, 5.74) is -0.375. The maximum atomic E-state index is 13.6. The van der Waals surface area contributed by atoms with E-state index in [9.17, 15) is 22.4 Å². The van der Waals surface area contributed by atoms with Crippen LogP contribution >= 0.6 is 10.7 Å². The van der Waals surface area contributed by atoms with Crippen LogP contribution in [0.1, 0.15) is 11.5 Å². The number of carbonyl (C=O) groups is 2. The van der Waals surface area contributed by atoms with Crippen molar-refractivity contribution in [3.63, 3.8) is 0 Å². The van der Waals surface area contributed by atoms with Gasteiger partial charge in [0.05, 0.1) is 13.0 Å². The van der Waals surface area contributed by atoms with Crippen molar-refractivity contribution in [2.45, 2.75) is 10.8 Å². The monoisotopic (exact) mass is 294 g/mol. The Hall–Kier alpha value is -1.47. The third kappa shape index (κ3) is 2.85. The van der Waals surface area contributed by atoms with Gasteiger partial charge in [-0.3, -0.25) is 0 Å². The number of methoxy groups -OCH3 is 1. The van der Waals surface area contributed by atoms with Crippen molar-refractivity contribution in [3.8, 4) is 5.75 Å². The first-order chi connectivity index (χ1) is 8.35. The zero-order valence-electron chi connectivity index (χ0n) is 9.09. The molecule has 0 atom stereocenters. The summed E-state index contributed by atoms with van der Waals surface area (Å²) in [4.78, 5) is 20.7. The van der Waals surface area contributed by atoms with E-state index in [2.05, 4.69) is 4.74 Å². The van der Waals surface area contributed by atoms with Crippen LogP contribution in [0.15, 0.2) is 17.0 Å². The summed E-state index contributed by atoms with van der Waals surface area (Å²) in [7, 11) is 2.10. The quantitative estimate of drug-likeness (QED) is 0.464. The molecule has 0 radical (unpaired) electrons. The minimum Gasteiger partial charge on any atom is -0.495 e. The molecule has 0 aromatic heterocycles. The highest BCUT2D eigenvalue weighted by Crippen LogP contribution is 2.31. The fourth-order valence-electron chi connectivity index (χ4n) is 1.34. The minimum atomic E-state index is -4.19. The highest BCUT2D eigenvalue weighted by molar-refractivity contribution is 8.13. The first kappa shape index (κ1) is 14.6. The Morgan fingerprint density at radius 1 is 1.33 bits per heavy atom. The van der Waals surface area contributed by atoms with Gasteiger partial charge in [0.2, 0.25) is 0 Å². The summed E-state index contributed by atoms with van der Waals surface area (Å²) in [6.45, 7) is 0. The molecule has 98 valence electrons. The van der Waals surface area contributed by atoms with Crippen LogP contribution in [0, 0.1) is 5.82 Å². The number of carbonyl (C=O) groups excluding carboxylic acids is 2. The van der Waals surface area contributed by atoms with Crippen molar-refractivity contribution in [2.24, 2.45) is 0 Å². The van der Waals surface area contributed by atoms with E-state index in [4.69, 9.17) is 10.7 Å². The molecule has 0 fully saturated rings. The van der Waals surface area contributed by atoms with E-state index in [1.54, 1.807) is 0 Å². The molecule has 0 aliphatic rings. The molecule has 0 aliphatic carbocycles. The number of halogens is 2. The summed E-state index contributed by atoms with van der Waals surface area (Å²) < 4.78 is 40.8. The van der Waals surface area contributed by atoms with E-state index in [0.717, 1.165) is 19.2 Å². The summed E-state index contributed by atoms with van der Waals surface area (Å²) in [6, 6.07) is 1.56. The summed E-state index contributed by atoms with van der Waals surface area (Å²) in [5, 5.41) is 0. The van der Waals surface area contributed by atoms with Crippen molar-refractivity contribution < 1.29 is 27.1 Å². The number of aldehydes is 2. The Kier molecular flexibility index (Phi) is 4.42. The summed E-state index contributed by atoms with van der Waals surface area (Å²) in [6.07, 6.45) is 0.394. The van der Waals surface area contributed by atoms with Crippen LogP contribution in [-0.4, -0.2) is 28.1 Å². The molecular formula is C10H8ClFO5S. The molecule has 18 heavy (non-hydrogen) atoms. The molecule has 0 saturated heterocycles. The predicted molar refractivity (Wildman–Crippen MR) is 60.9 cm³/mol. The second-order valence-corrected chi connectivity index (χ2v) is 5.79. The van der Waals surface area contributed by atoms with Gasteiger partial charge in [-0.25, -0.2) is 12.8 Å². The molecule has 0 bridgehead atoms. The highest BCUT2D eigenvalue weighted by Gasteiger charge is 2.23. The lowest BCUT2D eigenvalue weighted by atomic mass is 10.0. The molecule has 1 aromatic rings. The average Bonchev–Trinajstić information content (AvgIpc) is 2.30. The smallest absolute Gasteiger partial charge is 0.264 e. The van der Waals surface area contributed by atoms with Gasteiger partial charge in [0.1, 0.15) is 29.0 Å². The van der Waals surface area contributed by atoms with Crippen molar-refractivity contribution in [1.29, 1.82) is 0 Å². The highest BCUT2D eigenvalue weighted by atomic mass is 35.7. The molecular weight excluding hydrogens is 287 g/mol. The van der Waals surface area contributed by atoms with Crippen molar-refractivity contribution in [1.82, 2.24) is 0 Å². The van der Waals surface area contributed by atoms with Crippen LogP contribution in [0.5, 0.6) is 5.75 Å². The zero-order chi connectivity index (χ0) is 13.9. The molecule has 0 unspecified atom stereocenters. The van der Waals surface area contributed by atoms with Crippen molar-refractivity contribution >= 4 is 32.3 Å². The number of hydrogen-bond acceptors (Lipinski definition) is 5.